The lowest BCUT2D eigenvalue weighted by molar-refractivity contribution is -0.143. The van der Waals surface area contributed by atoms with E-state index >= 15 is 0 Å². The zero-order valence-corrected chi connectivity index (χ0v) is 15.0. The molecule has 2 aromatic rings. The molecule has 4 rings (SSSR count). The first kappa shape index (κ1) is 18.8. The number of rotatable bonds is 4. The number of benzene rings is 2. The zero-order valence-electron chi connectivity index (χ0n) is 15.0. The summed E-state index contributed by atoms with van der Waals surface area (Å²) in [5.74, 6) is -1.16. The lowest BCUT2D eigenvalue weighted by Crippen LogP contribution is -2.28. The maximum atomic E-state index is 12.3. The Morgan fingerprint density at radius 1 is 1.07 bits per heavy atom. The van der Waals surface area contributed by atoms with Crippen LogP contribution in [0, 0.1) is 0 Å². The van der Waals surface area contributed by atoms with E-state index in [0.717, 1.165) is 19.4 Å². The molecule has 140 valence electrons. The van der Waals surface area contributed by atoms with Crippen LogP contribution >= 0.6 is 0 Å². The topological polar surface area (TPSA) is 87.2 Å². The van der Waals surface area contributed by atoms with Crippen molar-refractivity contribution in [2.24, 2.45) is 0 Å². The van der Waals surface area contributed by atoms with Crippen molar-refractivity contribution in [3.8, 4) is 0 Å². The number of epoxide rings is 1. The summed E-state index contributed by atoms with van der Waals surface area (Å²) >= 11 is 0. The summed E-state index contributed by atoms with van der Waals surface area (Å²) in [5.41, 5.74) is -0.605. The number of ether oxygens (including phenoxy) is 1. The molecule has 0 saturated carbocycles. The number of likely N-dealkylation sites (tertiary alicyclic amines) is 1. The van der Waals surface area contributed by atoms with E-state index in [1.165, 1.54) is 0 Å². The molecule has 6 nitrogen and oxygen atoms in total. The van der Waals surface area contributed by atoms with Crippen molar-refractivity contribution < 1.29 is 24.2 Å². The summed E-state index contributed by atoms with van der Waals surface area (Å²) in [6.07, 6.45) is 0.844. The molecule has 0 aliphatic carbocycles. The van der Waals surface area contributed by atoms with Crippen LogP contribution < -0.4 is 0 Å². The SMILES string of the molecule is CN1CCCC1=O.O=C(c1ccccc1)[C@@H]1O[C@]1(C(=O)O)c1ccccc1. The molecule has 0 aromatic heterocycles. The number of carboxylic acids is 1. The Bertz CT molecular complexity index is 836. The van der Waals surface area contributed by atoms with Gasteiger partial charge in [0.2, 0.25) is 11.5 Å². The minimum absolute atomic E-state index is 0.292. The van der Waals surface area contributed by atoms with E-state index in [2.05, 4.69) is 0 Å². The molecule has 2 fully saturated rings. The molecule has 2 aliphatic heterocycles. The molecule has 0 unspecified atom stereocenters. The van der Waals surface area contributed by atoms with Crippen molar-refractivity contribution in [3.05, 3.63) is 71.8 Å². The van der Waals surface area contributed by atoms with Crippen LogP contribution in [0.15, 0.2) is 60.7 Å². The Kier molecular flexibility index (Phi) is 5.37. The average Bonchev–Trinajstić information content (AvgIpc) is 3.36. The smallest absolute Gasteiger partial charge is 0.344 e. The molecule has 0 spiro atoms. The normalized spacial score (nSPS) is 23.4. The maximum Gasteiger partial charge on any atom is 0.344 e. The predicted molar refractivity (Wildman–Crippen MR) is 98.3 cm³/mol. The average molecular weight is 367 g/mol. The third-order valence-corrected chi connectivity index (χ3v) is 4.74. The van der Waals surface area contributed by atoms with Crippen LogP contribution in [0.3, 0.4) is 0 Å². The van der Waals surface area contributed by atoms with E-state index < -0.39 is 17.7 Å². The molecule has 6 heteroatoms. The number of carbonyl (C=O) groups is 3. The molecule has 0 bridgehead atoms. The van der Waals surface area contributed by atoms with Crippen molar-refractivity contribution in [3.63, 3.8) is 0 Å². The molecular formula is C21H21NO5. The van der Waals surface area contributed by atoms with Crippen molar-refractivity contribution in [2.45, 2.75) is 24.5 Å². The molecule has 2 aromatic carbocycles. The number of amides is 1. The van der Waals surface area contributed by atoms with Gasteiger partial charge >= 0.3 is 5.97 Å². The van der Waals surface area contributed by atoms with Crippen LogP contribution in [-0.4, -0.2) is 47.4 Å². The molecule has 1 amide bonds. The van der Waals surface area contributed by atoms with Crippen LogP contribution in [0.5, 0.6) is 0 Å². The third kappa shape index (κ3) is 3.75. The van der Waals surface area contributed by atoms with Crippen LogP contribution in [0.4, 0.5) is 0 Å². The minimum Gasteiger partial charge on any atom is -0.479 e. The van der Waals surface area contributed by atoms with Gasteiger partial charge in [0.15, 0.2) is 11.9 Å². The third-order valence-electron chi connectivity index (χ3n) is 4.74. The van der Waals surface area contributed by atoms with Crippen LogP contribution in [0.25, 0.3) is 0 Å². The lowest BCUT2D eigenvalue weighted by Gasteiger charge is -2.07. The number of aliphatic carboxylic acids is 1. The van der Waals surface area contributed by atoms with Crippen molar-refractivity contribution in [1.82, 2.24) is 4.90 Å². The number of Topliss-reactive ketones (excluding diaryl/α,β-unsaturated/α-hetero) is 1. The van der Waals surface area contributed by atoms with Crippen molar-refractivity contribution in [1.29, 1.82) is 0 Å². The highest BCUT2D eigenvalue weighted by atomic mass is 16.6. The second-order valence-electron chi connectivity index (χ2n) is 6.55. The second-order valence-corrected chi connectivity index (χ2v) is 6.55. The highest BCUT2D eigenvalue weighted by Gasteiger charge is 2.67. The largest absolute Gasteiger partial charge is 0.479 e. The Labute approximate surface area is 157 Å². The summed E-state index contributed by atoms with van der Waals surface area (Å²) in [6.45, 7) is 0.957. The number of carbonyl (C=O) groups excluding carboxylic acids is 2. The highest BCUT2D eigenvalue weighted by molar-refractivity contribution is 6.06. The van der Waals surface area contributed by atoms with Gasteiger partial charge in [0.1, 0.15) is 0 Å². The van der Waals surface area contributed by atoms with E-state index in [1.54, 1.807) is 65.6 Å². The monoisotopic (exact) mass is 367 g/mol. The molecule has 2 aliphatic rings. The number of carboxylic acid groups (broad SMARTS) is 1. The van der Waals surface area contributed by atoms with Gasteiger partial charge in [-0.05, 0) is 12.0 Å². The summed E-state index contributed by atoms with van der Waals surface area (Å²) < 4.78 is 5.32. The lowest BCUT2D eigenvalue weighted by atomic mass is 9.91. The van der Waals surface area contributed by atoms with Gasteiger partial charge in [-0.25, -0.2) is 4.79 Å². The van der Waals surface area contributed by atoms with Gasteiger partial charge < -0.3 is 14.7 Å². The van der Waals surface area contributed by atoms with Gasteiger partial charge in [-0.1, -0.05) is 60.7 Å². The molecule has 2 atom stereocenters. The Balaban J connectivity index is 0.000000253. The Morgan fingerprint density at radius 2 is 1.67 bits per heavy atom. The maximum absolute atomic E-state index is 12.3. The minimum atomic E-state index is -1.55. The Morgan fingerprint density at radius 3 is 2.11 bits per heavy atom. The highest BCUT2D eigenvalue weighted by Crippen LogP contribution is 2.48. The van der Waals surface area contributed by atoms with Gasteiger partial charge in [0.25, 0.3) is 0 Å². The first-order valence-electron chi connectivity index (χ1n) is 8.77. The quantitative estimate of drug-likeness (QED) is 0.663. The van der Waals surface area contributed by atoms with E-state index in [9.17, 15) is 19.5 Å². The number of hydrogen-bond acceptors (Lipinski definition) is 4. The molecule has 27 heavy (non-hydrogen) atoms. The van der Waals surface area contributed by atoms with Gasteiger partial charge in [-0.2, -0.15) is 0 Å². The molecule has 0 radical (unpaired) electrons. The van der Waals surface area contributed by atoms with Gasteiger partial charge in [0.05, 0.1) is 0 Å². The number of hydrogen-bond donors (Lipinski definition) is 1. The predicted octanol–water partition coefficient (Wildman–Crippen LogP) is 2.49. The van der Waals surface area contributed by atoms with E-state index in [4.69, 9.17) is 4.74 Å². The first-order chi connectivity index (χ1) is 13.0. The molecular weight excluding hydrogens is 346 g/mol. The fraction of sp³-hybridized carbons (Fsp3) is 0.286. The first-order valence-corrected chi connectivity index (χ1v) is 8.77. The van der Waals surface area contributed by atoms with E-state index in [-0.39, 0.29) is 5.78 Å². The number of nitrogens with zero attached hydrogens (tertiary/aromatic N) is 1. The fourth-order valence-electron chi connectivity index (χ4n) is 3.12. The van der Waals surface area contributed by atoms with Crippen molar-refractivity contribution >= 4 is 17.7 Å². The Hall–Kier alpha value is -2.99. The summed E-state index contributed by atoms with van der Waals surface area (Å²) in [7, 11) is 1.84. The van der Waals surface area contributed by atoms with Crippen LogP contribution in [-0.2, 0) is 19.9 Å². The van der Waals surface area contributed by atoms with Gasteiger partial charge in [0, 0.05) is 25.6 Å². The van der Waals surface area contributed by atoms with Gasteiger partial charge in [-0.15, -0.1) is 0 Å². The van der Waals surface area contributed by atoms with Crippen LogP contribution in [0.1, 0.15) is 28.8 Å². The molecule has 2 saturated heterocycles. The number of ketones is 1. The van der Waals surface area contributed by atoms with Crippen molar-refractivity contribution in [2.75, 3.05) is 13.6 Å². The summed E-state index contributed by atoms with van der Waals surface area (Å²) in [4.78, 5) is 36.1. The standard InChI is InChI=1S/C16H12O4.C5H9NO/c17-13(11-7-3-1-4-8-11)14-16(20-14,15(18)19)12-9-5-2-6-10-12;1-6-4-2-3-5(6)7/h1-10,14H,(H,18,19);2-4H2,1H3/t14-,16+;/m0./s1. The fourth-order valence-corrected chi connectivity index (χ4v) is 3.12. The molecule has 1 N–H and O–H groups in total. The van der Waals surface area contributed by atoms with E-state index in [1.807, 2.05) is 7.05 Å². The summed E-state index contributed by atoms with van der Waals surface area (Å²) in [5, 5.41) is 9.45. The van der Waals surface area contributed by atoms with Gasteiger partial charge in [-0.3, -0.25) is 9.59 Å². The second kappa shape index (κ2) is 7.72. The van der Waals surface area contributed by atoms with E-state index in [0.29, 0.717) is 17.0 Å². The zero-order chi connectivity index (χ0) is 19.4. The molecule has 2 heterocycles. The summed E-state index contributed by atoms with van der Waals surface area (Å²) in [6, 6.07) is 17.1. The van der Waals surface area contributed by atoms with Crippen LogP contribution in [0.2, 0.25) is 0 Å².